The molecule has 13 heteroatoms. The van der Waals surface area contributed by atoms with Crippen molar-refractivity contribution in [2.45, 2.75) is 13.8 Å². The van der Waals surface area contributed by atoms with E-state index >= 15 is 0 Å². The lowest BCUT2D eigenvalue weighted by Gasteiger charge is -2.04. The van der Waals surface area contributed by atoms with Gasteiger partial charge in [-0.25, -0.2) is 14.6 Å². The fourth-order valence-electron chi connectivity index (χ4n) is 3.81. The van der Waals surface area contributed by atoms with Crippen LogP contribution in [-0.4, -0.2) is 52.7 Å². The highest BCUT2D eigenvalue weighted by atomic mass is 79.9. The van der Waals surface area contributed by atoms with Crippen molar-refractivity contribution in [3.63, 3.8) is 0 Å². The predicted molar refractivity (Wildman–Crippen MR) is 175 cm³/mol. The largest absolute Gasteiger partial charge is 0.507 e. The second-order valence-corrected chi connectivity index (χ2v) is 11.0. The van der Waals surface area contributed by atoms with E-state index in [0.717, 1.165) is 49.6 Å². The molecular formula is C32H28Br2N2O9. The van der Waals surface area contributed by atoms with Crippen LogP contribution in [0.5, 0.6) is 17.2 Å². The number of hydrogen-bond acceptors (Lipinski definition) is 11. The Morgan fingerprint density at radius 3 is 1.96 bits per heavy atom. The van der Waals surface area contributed by atoms with Gasteiger partial charge in [0.1, 0.15) is 40.2 Å². The zero-order chi connectivity index (χ0) is 33.4. The van der Waals surface area contributed by atoms with Gasteiger partial charge in [-0.3, -0.25) is 4.79 Å². The number of phenols is 3. The molecule has 0 spiro atoms. The molecule has 0 fully saturated rings. The number of aldehydes is 1. The Hall–Kier alpha value is -4.88. The van der Waals surface area contributed by atoms with Crippen molar-refractivity contribution in [3.05, 3.63) is 97.4 Å². The van der Waals surface area contributed by atoms with Crippen molar-refractivity contribution in [3.8, 4) is 28.7 Å². The maximum absolute atomic E-state index is 11.6. The summed E-state index contributed by atoms with van der Waals surface area (Å²) >= 11 is 6.80. The average molecular weight is 744 g/mol. The quantitative estimate of drug-likeness (QED) is 0.0485. The predicted octanol–water partition coefficient (Wildman–Crippen LogP) is 7.09. The van der Waals surface area contributed by atoms with Crippen LogP contribution in [0.3, 0.4) is 0 Å². The number of halogens is 2. The van der Waals surface area contributed by atoms with E-state index in [9.17, 15) is 24.6 Å². The van der Waals surface area contributed by atoms with Crippen LogP contribution >= 0.6 is 31.9 Å². The molecule has 0 unspecified atom stereocenters. The van der Waals surface area contributed by atoms with E-state index in [0.29, 0.717) is 17.0 Å². The van der Waals surface area contributed by atoms with Gasteiger partial charge < -0.3 is 34.9 Å². The molecule has 5 rings (SSSR count). The summed E-state index contributed by atoms with van der Waals surface area (Å²) in [5.41, 5.74) is 9.76. The number of oxazole rings is 1. The van der Waals surface area contributed by atoms with Gasteiger partial charge in [-0.1, -0.05) is 50.1 Å². The highest BCUT2D eigenvalue weighted by Gasteiger charge is 2.18. The van der Waals surface area contributed by atoms with Crippen molar-refractivity contribution in [2.24, 2.45) is 0 Å². The topological polar surface area (TPSA) is 182 Å². The molecule has 11 nitrogen and oxygen atoms in total. The van der Waals surface area contributed by atoms with Crippen LogP contribution in [0.25, 0.3) is 22.6 Å². The number of aromatic nitrogens is 1. The summed E-state index contributed by atoms with van der Waals surface area (Å²) in [6.45, 7) is 3.86. The summed E-state index contributed by atoms with van der Waals surface area (Å²) in [4.78, 5) is 37.3. The third-order valence-corrected chi connectivity index (χ3v) is 8.11. The van der Waals surface area contributed by atoms with Gasteiger partial charge in [-0.05, 0) is 55.3 Å². The lowest BCUT2D eigenvalue weighted by Crippen LogP contribution is -2.02. The number of benzene rings is 4. The number of hydrogen-bond donors (Lipinski definition) is 4. The number of esters is 2. The Labute approximate surface area is 274 Å². The first-order chi connectivity index (χ1) is 21.3. The van der Waals surface area contributed by atoms with Crippen molar-refractivity contribution < 1.29 is 43.6 Å². The molecule has 5 aromatic rings. The Morgan fingerprint density at radius 2 is 1.38 bits per heavy atom. The molecule has 1 heterocycles. The minimum atomic E-state index is -0.704. The third kappa shape index (κ3) is 8.19. The number of carbonyl (C=O) groups excluding carboxylic acids is 3. The molecule has 0 atom stereocenters. The Kier molecular flexibility index (Phi) is 11.7. The molecular weight excluding hydrogens is 716 g/mol. The normalized spacial score (nSPS) is 10.2. The van der Waals surface area contributed by atoms with Gasteiger partial charge in [-0.15, -0.1) is 0 Å². The van der Waals surface area contributed by atoms with Crippen LogP contribution < -0.4 is 5.73 Å². The van der Waals surface area contributed by atoms with Crippen molar-refractivity contribution in [1.82, 2.24) is 4.98 Å². The number of nitrogens with zero attached hydrogens (tertiary/aromatic N) is 1. The van der Waals surface area contributed by atoms with E-state index in [-0.39, 0.29) is 34.1 Å². The maximum atomic E-state index is 11.6. The molecule has 0 aliphatic heterocycles. The number of carbonyl (C=O) groups is 3. The number of nitrogen functional groups attached to an aromatic ring is 1. The number of fused-ring (bicyclic) bond motifs is 1. The average Bonchev–Trinajstić information content (AvgIpc) is 3.43. The zero-order valence-electron chi connectivity index (χ0n) is 24.4. The molecule has 1 aromatic heterocycles. The smallest absolute Gasteiger partial charge is 0.341 e. The van der Waals surface area contributed by atoms with Crippen molar-refractivity contribution in [1.29, 1.82) is 0 Å². The molecule has 0 saturated heterocycles. The Balaban J connectivity index is 0.000000204. The van der Waals surface area contributed by atoms with Gasteiger partial charge in [0, 0.05) is 32.2 Å². The van der Waals surface area contributed by atoms with Gasteiger partial charge >= 0.3 is 11.9 Å². The van der Waals surface area contributed by atoms with E-state index in [1.807, 2.05) is 44.2 Å². The molecule has 0 amide bonds. The summed E-state index contributed by atoms with van der Waals surface area (Å²) in [6.07, 6.45) is 0.861. The molecule has 0 radical (unpaired) electrons. The Bertz CT molecular complexity index is 1890. The summed E-state index contributed by atoms with van der Waals surface area (Å²) in [7, 11) is 2.44. The number of methoxy groups -OCH3 is 2. The lowest BCUT2D eigenvalue weighted by atomic mass is 10.1. The summed E-state index contributed by atoms with van der Waals surface area (Å²) in [5.74, 6) is -1.74. The minimum Gasteiger partial charge on any atom is -0.507 e. The number of phenolic OH excluding ortho intramolecular Hbond substituents is 3. The van der Waals surface area contributed by atoms with E-state index in [1.54, 1.807) is 6.07 Å². The minimum absolute atomic E-state index is 0.0122. The summed E-state index contributed by atoms with van der Waals surface area (Å²) in [6, 6.07) is 16.2. The number of anilines is 1. The Morgan fingerprint density at radius 1 is 0.822 bits per heavy atom. The van der Waals surface area contributed by atoms with Crippen LogP contribution in [0.2, 0.25) is 0 Å². The van der Waals surface area contributed by atoms with Crippen LogP contribution in [0.15, 0.2) is 74.0 Å². The summed E-state index contributed by atoms with van der Waals surface area (Å²) in [5, 5.41) is 28.1. The van der Waals surface area contributed by atoms with E-state index in [2.05, 4.69) is 46.3 Å². The van der Waals surface area contributed by atoms with Crippen LogP contribution in [0, 0.1) is 13.8 Å². The molecule has 0 aliphatic carbocycles. The van der Waals surface area contributed by atoms with Crippen molar-refractivity contribution >= 4 is 66.9 Å². The van der Waals surface area contributed by atoms with Crippen LogP contribution in [-0.2, 0) is 9.47 Å². The van der Waals surface area contributed by atoms with Gasteiger partial charge in [-0.2, -0.15) is 0 Å². The first-order valence-electron chi connectivity index (χ1n) is 12.9. The fourth-order valence-corrected chi connectivity index (χ4v) is 4.56. The first kappa shape index (κ1) is 34.6. The SMILES string of the molecule is COC(=O)c1cc(N)c(O)cc1O.COC(=O)c1cc2nc(-c3cccc(Br)c3C)oc2cc1O.Cc1c(Br)cccc1C=O. The molecule has 4 aromatic carbocycles. The van der Waals surface area contributed by atoms with Crippen molar-refractivity contribution in [2.75, 3.05) is 20.0 Å². The lowest BCUT2D eigenvalue weighted by molar-refractivity contribution is 0.0588. The molecule has 0 bridgehead atoms. The van der Waals surface area contributed by atoms with Gasteiger partial charge in [0.05, 0.1) is 19.9 Å². The van der Waals surface area contributed by atoms with Crippen LogP contribution in [0.4, 0.5) is 5.69 Å². The van der Waals surface area contributed by atoms with Gasteiger partial charge in [0.15, 0.2) is 5.58 Å². The number of rotatable bonds is 4. The second kappa shape index (κ2) is 15.2. The first-order valence-corrected chi connectivity index (χ1v) is 14.5. The van der Waals surface area contributed by atoms with Crippen LogP contribution in [0.1, 0.15) is 42.2 Å². The van der Waals surface area contributed by atoms with E-state index in [1.165, 1.54) is 26.4 Å². The second-order valence-electron chi connectivity index (χ2n) is 9.25. The number of ether oxygens (including phenoxy) is 2. The third-order valence-electron chi connectivity index (χ3n) is 6.40. The molecule has 5 N–H and O–H groups in total. The molecule has 0 saturated carbocycles. The number of aromatic hydroxyl groups is 3. The fraction of sp³-hybridized carbons (Fsp3) is 0.125. The zero-order valence-corrected chi connectivity index (χ0v) is 27.6. The molecule has 45 heavy (non-hydrogen) atoms. The van der Waals surface area contributed by atoms with E-state index < -0.39 is 11.9 Å². The highest BCUT2D eigenvalue weighted by molar-refractivity contribution is 9.10. The maximum Gasteiger partial charge on any atom is 0.341 e. The summed E-state index contributed by atoms with van der Waals surface area (Å²) < 4.78 is 16.6. The highest BCUT2D eigenvalue weighted by Crippen LogP contribution is 2.33. The molecule has 0 aliphatic rings. The monoisotopic (exact) mass is 742 g/mol. The van der Waals surface area contributed by atoms with Gasteiger partial charge in [0.2, 0.25) is 5.89 Å². The van der Waals surface area contributed by atoms with Gasteiger partial charge in [0.25, 0.3) is 0 Å². The standard InChI is InChI=1S/C16H12BrNO4.C8H7BrO.C8H9NO4/c1-8-9(4-3-5-11(8)17)15-18-12-6-10(16(20)21-2)13(19)7-14(12)22-15;1-6-7(5-10)3-2-4-8(6)9;1-13-8(12)4-2-5(9)7(11)3-6(4)10/h3-7,19H,1-2H3;2-5H,1H3;2-3,10-11H,9H2,1H3. The molecule has 234 valence electrons. The van der Waals surface area contributed by atoms with E-state index in [4.69, 9.17) is 15.3 Å². The number of nitrogens with two attached hydrogens (primary N) is 1.